The number of amides is 1. The summed E-state index contributed by atoms with van der Waals surface area (Å²) in [5.41, 5.74) is 1.02. The van der Waals surface area contributed by atoms with Crippen LogP contribution < -0.4 is 4.90 Å². The lowest BCUT2D eigenvalue weighted by atomic mass is 9.94. The van der Waals surface area contributed by atoms with Gasteiger partial charge in [-0.05, 0) is 25.9 Å². The molecule has 1 aromatic rings. The van der Waals surface area contributed by atoms with E-state index in [1.807, 2.05) is 0 Å². The number of nitrogens with zero attached hydrogens (tertiary/aromatic N) is 4. The van der Waals surface area contributed by atoms with Gasteiger partial charge in [-0.3, -0.25) is 9.88 Å². The first-order valence-electron chi connectivity index (χ1n) is 7.75. The number of piperidine rings is 1. The molecule has 7 nitrogen and oxygen atoms in total. The van der Waals surface area contributed by atoms with Crippen LogP contribution >= 0.6 is 0 Å². The monoisotopic (exact) mass is 306 g/mol. The van der Waals surface area contributed by atoms with Crippen LogP contribution in [0.25, 0.3) is 0 Å². The fourth-order valence-corrected chi connectivity index (χ4v) is 2.96. The van der Waals surface area contributed by atoms with Gasteiger partial charge in [0.1, 0.15) is 6.61 Å². The van der Waals surface area contributed by atoms with Gasteiger partial charge in [-0.25, -0.2) is 9.78 Å². The molecule has 7 heteroatoms. The van der Waals surface area contributed by atoms with Gasteiger partial charge in [0, 0.05) is 19.6 Å². The first kappa shape index (κ1) is 15.2. The third kappa shape index (κ3) is 3.36. The van der Waals surface area contributed by atoms with Crippen molar-refractivity contribution in [2.75, 3.05) is 51.4 Å². The average molecular weight is 306 g/mol. The van der Waals surface area contributed by atoms with Crippen LogP contribution in [0.15, 0.2) is 12.4 Å². The summed E-state index contributed by atoms with van der Waals surface area (Å²) < 4.78 is 10.0. The van der Waals surface area contributed by atoms with Crippen LogP contribution in [-0.2, 0) is 9.47 Å². The van der Waals surface area contributed by atoms with Crippen molar-refractivity contribution in [1.82, 2.24) is 14.9 Å². The van der Waals surface area contributed by atoms with Gasteiger partial charge < -0.3 is 14.4 Å². The number of likely N-dealkylation sites (tertiary alicyclic amines) is 1. The maximum Gasteiger partial charge on any atom is 0.415 e. The molecule has 0 aromatic carbocycles. The smallest absolute Gasteiger partial charge is 0.415 e. The number of hydrogen-bond acceptors (Lipinski definition) is 6. The van der Waals surface area contributed by atoms with Gasteiger partial charge in [0.05, 0.1) is 31.2 Å². The zero-order chi connectivity index (χ0) is 15.4. The number of carbonyl (C=O) groups excluding carboxylic acids is 1. The van der Waals surface area contributed by atoms with Crippen LogP contribution in [0.3, 0.4) is 0 Å². The Bertz CT molecular complexity index is 500. The van der Waals surface area contributed by atoms with Crippen LogP contribution in [0, 0.1) is 0 Å². The molecule has 3 rings (SSSR count). The molecule has 0 aliphatic carbocycles. The number of rotatable bonds is 5. The van der Waals surface area contributed by atoms with E-state index < -0.39 is 0 Å². The highest BCUT2D eigenvalue weighted by molar-refractivity contribution is 5.87. The van der Waals surface area contributed by atoms with Crippen LogP contribution in [0.2, 0.25) is 0 Å². The quantitative estimate of drug-likeness (QED) is 0.816. The number of ether oxygens (including phenoxy) is 2. The molecular formula is C15H22N4O3. The highest BCUT2D eigenvalue weighted by Gasteiger charge is 2.26. The number of cyclic esters (lactones) is 1. The third-order valence-electron chi connectivity index (χ3n) is 4.31. The van der Waals surface area contributed by atoms with Crippen LogP contribution in [0.4, 0.5) is 10.6 Å². The Balaban J connectivity index is 1.56. The second-order valence-corrected chi connectivity index (χ2v) is 5.67. The van der Waals surface area contributed by atoms with Gasteiger partial charge in [0.2, 0.25) is 0 Å². The highest BCUT2D eigenvalue weighted by Crippen LogP contribution is 2.27. The Labute approximate surface area is 130 Å². The molecule has 0 atom stereocenters. The molecule has 2 aliphatic heterocycles. The molecule has 0 bridgehead atoms. The fourth-order valence-electron chi connectivity index (χ4n) is 2.96. The number of methoxy groups -OCH3 is 1. The van der Waals surface area contributed by atoms with E-state index in [1.54, 1.807) is 19.5 Å². The van der Waals surface area contributed by atoms with Gasteiger partial charge in [-0.15, -0.1) is 0 Å². The maximum atomic E-state index is 11.5. The zero-order valence-corrected chi connectivity index (χ0v) is 12.9. The second-order valence-electron chi connectivity index (χ2n) is 5.67. The first-order chi connectivity index (χ1) is 10.8. The molecular weight excluding hydrogens is 284 g/mol. The van der Waals surface area contributed by atoms with Crippen molar-refractivity contribution < 1.29 is 14.3 Å². The summed E-state index contributed by atoms with van der Waals surface area (Å²) in [4.78, 5) is 24.3. The Kier molecular flexibility index (Phi) is 4.84. The van der Waals surface area contributed by atoms with Crippen LogP contribution in [0.5, 0.6) is 0 Å². The summed E-state index contributed by atoms with van der Waals surface area (Å²) in [6.45, 7) is 4.87. The lowest BCUT2D eigenvalue weighted by Crippen LogP contribution is -2.35. The molecule has 0 spiro atoms. The van der Waals surface area contributed by atoms with E-state index in [0.717, 1.165) is 44.8 Å². The minimum absolute atomic E-state index is 0.339. The normalized spacial score (nSPS) is 20.4. The predicted molar refractivity (Wildman–Crippen MR) is 81.0 cm³/mol. The Morgan fingerprint density at radius 2 is 2.09 bits per heavy atom. The van der Waals surface area contributed by atoms with Crippen molar-refractivity contribution in [1.29, 1.82) is 0 Å². The second kappa shape index (κ2) is 7.02. The molecule has 120 valence electrons. The lowest BCUT2D eigenvalue weighted by molar-refractivity contribution is 0.130. The van der Waals surface area contributed by atoms with E-state index >= 15 is 0 Å². The standard InChI is InChI=1S/C15H22N4O3/c1-21-8-6-18-4-2-12(3-5-18)13-10-17-14(11-16-13)19-7-9-22-15(19)20/h10-12H,2-9H2,1H3. The highest BCUT2D eigenvalue weighted by atomic mass is 16.6. The summed E-state index contributed by atoms with van der Waals surface area (Å²) in [6.07, 6.45) is 5.32. The summed E-state index contributed by atoms with van der Waals surface area (Å²) >= 11 is 0. The van der Waals surface area contributed by atoms with Crippen molar-refractivity contribution in [2.45, 2.75) is 18.8 Å². The molecule has 3 heterocycles. The topological polar surface area (TPSA) is 67.8 Å². The molecule has 0 N–H and O–H groups in total. The summed E-state index contributed by atoms with van der Waals surface area (Å²) in [5, 5.41) is 0. The van der Waals surface area contributed by atoms with Crippen molar-refractivity contribution >= 4 is 11.9 Å². The van der Waals surface area contributed by atoms with Crippen molar-refractivity contribution in [3.05, 3.63) is 18.1 Å². The number of hydrogen-bond donors (Lipinski definition) is 0. The van der Waals surface area contributed by atoms with Crippen molar-refractivity contribution in [3.8, 4) is 0 Å². The summed E-state index contributed by atoms with van der Waals surface area (Å²) in [5.74, 6) is 1.02. The minimum atomic E-state index is -0.339. The molecule has 2 saturated heterocycles. The SMILES string of the molecule is COCCN1CCC(c2cnc(N3CCOC3=O)cn2)CC1. The maximum absolute atomic E-state index is 11.5. The Hall–Kier alpha value is -1.73. The minimum Gasteiger partial charge on any atom is -0.447 e. The summed E-state index contributed by atoms with van der Waals surface area (Å²) in [7, 11) is 1.74. The Morgan fingerprint density at radius 3 is 2.68 bits per heavy atom. The fraction of sp³-hybridized carbons (Fsp3) is 0.667. The van der Waals surface area contributed by atoms with E-state index in [-0.39, 0.29) is 6.09 Å². The Morgan fingerprint density at radius 1 is 1.27 bits per heavy atom. The van der Waals surface area contributed by atoms with Gasteiger partial charge >= 0.3 is 6.09 Å². The number of aromatic nitrogens is 2. The van der Waals surface area contributed by atoms with E-state index in [4.69, 9.17) is 9.47 Å². The molecule has 0 radical (unpaired) electrons. The van der Waals surface area contributed by atoms with Gasteiger partial charge in [-0.2, -0.15) is 0 Å². The number of carbonyl (C=O) groups is 1. The molecule has 2 fully saturated rings. The van der Waals surface area contributed by atoms with E-state index in [1.165, 1.54) is 4.90 Å². The molecule has 22 heavy (non-hydrogen) atoms. The van der Waals surface area contributed by atoms with Gasteiger partial charge in [0.25, 0.3) is 0 Å². The largest absolute Gasteiger partial charge is 0.447 e. The first-order valence-corrected chi connectivity index (χ1v) is 7.75. The summed E-state index contributed by atoms with van der Waals surface area (Å²) in [6, 6.07) is 0. The van der Waals surface area contributed by atoms with Crippen LogP contribution in [0.1, 0.15) is 24.5 Å². The molecule has 0 unspecified atom stereocenters. The van der Waals surface area contributed by atoms with Crippen LogP contribution in [-0.4, -0.2) is 67.5 Å². The molecule has 1 aromatic heterocycles. The van der Waals surface area contributed by atoms with Crippen molar-refractivity contribution in [2.24, 2.45) is 0 Å². The molecule has 2 aliphatic rings. The lowest BCUT2D eigenvalue weighted by Gasteiger charge is -2.31. The van der Waals surface area contributed by atoms with E-state index in [2.05, 4.69) is 14.9 Å². The molecule has 0 saturated carbocycles. The molecule has 1 amide bonds. The van der Waals surface area contributed by atoms with Gasteiger partial charge in [0.15, 0.2) is 5.82 Å². The average Bonchev–Trinajstić information content (AvgIpc) is 3.00. The van der Waals surface area contributed by atoms with Crippen molar-refractivity contribution in [3.63, 3.8) is 0 Å². The van der Waals surface area contributed by atoms with E-state index in [9.17, 15) is 4.79 Å². The predicted octanol–water partition coefficient (Wildman–Crippen LogP) is 1.26. The van der Waals surface area contributed by atoms with E-state index in [0.29, 0.717) is 24.9 Å². The zero-order valence-electron chi connectivity index (χ0n) is 12.9. The van der Waals surface area contributed by atoms with Gasteiger partial charge in [-0.1, -0.05) is 0 Å². The third-order valence-corrected chi connectivity index (χ3v) is 4.31. The number of anilines is 1.